The molecule has 9 heavy (non-hydrogen) atoms. The Morgan fingerprint density at radius 1 is 1.00 bits per heavy atom. The van der Waals surface area contributed by atoms with Gasteiger partial charge in [0.25, 0.3) is 0 Å². The molecule has 52 valence electrons. The molecule has 0 aromatic heterocycles. The summed E-state index contributed by atoms with van der Waals surface area (Å²) in [6.45, 7) is 3.43. The molecule has 0 aromatic carbocycles. The van der Waals surface area contributed by atoms with Gasteiger partial charge in [0.15, 0.2) is 0 Å². The average molecular weight is 261 g/mol. The summed E-state index contributed by atoms with van der Waals surface area (Å²) in [6, 6.07) is 0. The normalized spacial score (nSPS) is 5.56. The number of rotatable bonds is 0. The van der Waals surface area contributed by atoms with E-state index in [-0.39, 0.29) is 17.1 Å². The monoisotopic (exact) mass is 262 g/mol. The average Bonchev–Trinajstić information content (AvgIpc) is 1.25. The number of thiocarbonyl (C=S) groups is 2. The van der Waals surface area contributed by atoms with E-state index in [1.54, 1.807) is 13.8 Å². The second kappa shape index (κ2) is 11.9. The Morgan fingerprint density at radius 2 is 1.00 bits per heavy atom. The molecule has 0 bridgehead atoms. The van der Waals surface area contributed by atoms with Crippen molar-refractivity contribution >= 4 is 75.2 Å². The van der Waals surface area contributed by atoms with Gasteiger partial charge >= 0.3 is 17.1 Å². The smallest absolute Gasteiger partial charge is 0.433 e. The van der Waals surface area contributed by atoms with Crippen LogP contribution in [0.3, 0.4) is 0 Å². The van der Waals surface area contributed by atoms with Gasteiger partial charge in [0.2, 0.25) is 0 Å². The van der Waals surface area contributed by atoms with Gasteiger partial charge in [-0.25, -0.2) is 0 Å². The van der Waals surface area contributed by atoms with Gasteiger partial charge in [0, 0.05) is 0 Å². The van der Waals surface area contributed by atoms with Crippen molar-refractivity contribution in [1.29, 1.82) is 0 Å². The first-order valence-corrected chi connectivity index (χ1v) is 3.45. The maximum absolute atomic E-state index is 4.35. The molecular weight excluding hydrogens is 255 g/mol. The molecule has 0 spiro atoms. The fraction of sp³-hybridized carbons (Fsp3) is 0.500. The van der Waals surface area contributed by atoms with E-state index in [9.17, 15) is 0 Å². The molecule has 0 heterocycles. The standard InChI is InChI=1S/2C2H4S2.Se/c2*1-2(3)4;/h2*1H3,(H,3,4);/q;;+2/p-2. The second-order valence-corrected chi connectivity index (χ2v) is 3.95. The van der Waals surface area contributed by atoms with E-state index in [2.05, 4.69) is 49.7 Å². The molecule has 0 aliphatic heterocycles. The number of hydrogen-bond donors (Lipinski definition) is 0. The van der Waals surface area contributed by atoms with Crippen molar-refractivity contribution in [3.63, 3.8) is 0 Å². The predicted molar refractivity (Wildman–Crippen MR) is 57.0 cm³/mol. The first-order chi connectivity index (χ1) is 3.46. The molecule has 0 fully saturated rings. The van der Waals surface area contributed by atoms with Crippen molar-refractivity contribution in [3.05, 3.63) is 0 Å². The Labute approximate surface area is 88.5 Å². The largest absolute Gasteiger partial charge is 2.00 e. The third-order valence-electron chi connectivity index (χ3n) is 0. The molecular formula is C4H6S4Se. The Morgan fingerprint density at radius 3 is 1.00 bits per heavy atom. The van der Waals surface area contributed by atoms with Crippen LogP contribution in [0.5, 0.6) is 0 Å². The summed E-state index contributed by atoms with van der Waals surface area (Å²) in [5.41, 5.74) is 0. The van der Waals surface area contributed by atoms with E-state index >= 15 is 0 Å². The first-order valence-electron chi connectivity index (χ1n) is 1.82. The van der Waals surface area contributed by atoms with Crippen LogP contribution in [0.1, 0.15) is 13.8 Å². The molecule has 0 unspecified atom stereocenters. The Balaban J connectivity index is -0.0000000720. The third kappa shape index (κ3) is 359. The molecule has 0 aliphatic carbocycles. The molecule has 0 rings (SSSR count). The van der Waals surface area contributed by atoms with Gasteiger partial charge in [0.1, 0.15) is 0 Å². The van der Waals surface area contributed by atoms with Gasteiger partial charge in [-0.2, -0.15) is 8.39 Å². The van der Waals surface area contributed by atoms with Crippen LogP contribution < -0.4 is 0 Å². The summed E-state index contributed by atoms with van der Waals surface area (Å²) in [5.74, 6) is 0. The summed E-state index contributed by atoms with van der Waals surface area (Å²) in [7, 11) is 0. The van der Waals surface area contributed by atoms with Crippen molar-refractivity contribution in [2.45, 2.75) is 13.8 Å². The quantitative estimate of drug-likeness (QED) is 0.367. The summed E-state index contributed by atoms with van der Waals surface area (Å²) in [5, 5.41) is 0. The Bertz CT molecular complexity index is 70.6. The van der Waals surface area contributed by atoms with Crippen molar-refractivity contribution in [1.82, 2.24) is 0 Å². The van der Waals surface area contributed by atoms with Crippen LogP contribution >= 0.6 is 24.4 Å². The molecule has 0 atom stereocenters. The molecule has 5 heteroatoms. The summed E-state index contributed by atoms with van der Waals surface area (Å²) in [4.78, 5) is 0. The van der Waals surface area contributed by atoms with E-state index in [0.29, 0.717) is 8.39 Å². The van der Waals surface area contributed by atoms with Crippen molar-refractivity contribution in [3.8, 4) is 0 Å². The minimum absolute atomic E-state index is 0. The summed E-state index contributed by atoms with van der Waals surface area (Å²) in [6.07, 6.45) is 0. The maximum Gasteiger partial charge on any atom is 2.00 e. The van der Waals surface area contributed by atoms with Gasteiger partial charge in [-0.3, -0.25) is 0 Å². The second-order valence-electron chi connectivity index (χ2n) is 0.983. The van der Waals surface area contributed by atoms with Crippen LogP contribution in [0.15, 0.2) is 0 Å². The fourth-order valence-corrected chi connectivity index (χ4v) is 0. The third-order valence-corrected chi connectivity index (χ3v) is 0. The molecule has 0 saturated heterocycles. The van der Waals surface area contributed by atoms with Crippen LogP contribution in [-0.4, -0.2) is 25.5 Å². The van der Waals surface area contributed by atoms with Crippen LogP contribution in [-0.2, 0) is 25.3 Å². The van der Waals surface area contributed by atoms with Crippen molar-refractivity contribution < 1.29 is 0 Å². The topological polar surface area (TPSA) is 0 Å². The van der Waals surface area contributed by atoms with Gasteiger partial charge in [-0.1, -0.05) is 13.8 Å². The van der Waals surface area contributed by atoms with E-state index in [1.165, 1.54) is 0 Å². The Hall–Kier alpha value is 1.14. The molecule has 0 amide bonds. The zero-order chi connectivity index (χ0) is 7.15. The predicted octanol–water partition coefficient (Wildman–Crippen LogP) is 1.38. The molecule has 0 aromatic rings. The van der Waals surface area contributed by atoms with E-state index < -0.39 is 0 Å². The van der Waals surface area contributed by atoms with Gasteiger partial charge in [0.05, 0.1) is 0 Å². The minimum Gasteiger partial charge on any atom is -0.433 e. The molecule has 0 N–H and O–H groups in total. The van der Waals surface area contributed by atoms with Gasteiger partial charge in [-0.15, -0.1) is 0 Å². The van der Waals surface area contributed by atoms with Gasteiger partial charge < -0.3 is 49.7 Å². The van der Waals surface area contributed by atoms with Crippen molar-refractivity contribution in [2.24, 2.45) is 0 Å². The van der Waals surface area contributed by atoms with Crippen LogP contribution in [0.2, 0.25) is 0 Å². The summed E-state index contributed by atoms with van der Waals surface area (Å²) < 4.78 is 1.17. The van der Waals surface area contributed by atoms with Gasteiger partial charge in [-0.05, 0) is 0 Å². The SMILES string of the molecule is CC(=S)[S-].CC(=S)[S-].[Se+2]. The van der Waals surface area contributed by atoms with E-state index in [1.807, 2.05) is 0 Å². The fourth-order valence-electron chi connectivity index (χ4n) is 0. The zero-order valence-electron chi connectivity index (χ0n) is 5.04. The van der Waals surface area contributed by atoms with E-state index in [0.717, 1.165) is 0 Å². The summed E-state index contributed by atoms with van der Waals surface area (Å²) >= 11 is 17.4. The van der Waals surface area contributed by atoms with Crippen LogP contribution in [0, 0.1) is 0 Å². The zero-order valence-corrected chi connectivity index (χ0v) is 10.0. The molecule has 0 nitrogen and oxygen atoms in total. The Kier molecular flexibility index (Phi) is 21.9. The maximum atomic E-state index is 4.35. The molecule has 0 saturated carbocycles. The molecule has 4 radical (unpaired) electrons. The van der Waals surface area contributed by atoms with E-state index in [4.69, 9.17) is 0 Å². The van der Waals surface area contributed by atoms with Crippen molar-refractivity contribution in [2.75, 3.05) is 0 Å². The number of hydrogen-bond acceptors (Lipinski definition) is 4. The van der Waals surface area contributed by atoms with Crippen LogP contribution in [0.4, 0.5) is 0 Å². The minimum atomic E-state index is 0. The van der Waals surface area contributed by atoms with Crippen LogP contribution in [0.25, 0.3) is 0 Å². The first kappa shape index (κ1) is 16.6. The molecule has 0 aliphatic rings.